The van der Waals surface area contributed by atoms with E-state index in [0.29, 0.717) is 5.92 Å². The molecule has 3 rings (SSSR count). The molecule has 1 aromatic heterocycles. The van der Waals surface area contributed by atoms with Crippen molar-refractivity contribution in [3.63, 3.8) is 0 Å². The first-order chi connectivity index (χ1) is 9.78. The van der Waals surface area contributed by atoms with Crippen LogP contribution in [-0.2, 0) is 12.8 Å². The third kappa shape index (κ3) is 3.92. The van der Waals surface area contributed by atoms with Crippen LogP contribution in [-0.4, -0.2) is 18.1 Å². The van der Waals surface area contributed by atoms with Crippen LogP contribution in [0.2, 0.25) is 0 Å². The van der Waals surface area contributed by atoms with E-state index in [0.717, 1.165) is 25.0 Å². The van der Waals surface area contributed by atoms with Crippen molar-refractivity contribution in [2.24, 2.45) is 5.73 Å². The van der Waals surface area contributed by atoms with Crippen LogP contribution in [0.1, 0.15) is 29.0 Å². The second-order valence-electron chi connectivity index (χ2n) is 5.44. The molecular formula is C17H22Cl2N2O. The molecule has 3 nitrogen and oxygen atoms in total. The van der Waals surface area contributed by atoms with E-state index >= 15 is 0 Å². The van der Waals surface area contributed by atoms with Gasteiger partial charge in [0, 0.05) is 24.4 Å². The molecule has 0 saturated heterocycles. The minimum absolute atomic E-state index is 0. The van der Waals surface area contributed by atoms with Gasteiger partial charge in [-0.1, -0.05) is 12.1 Å². The van der Waals surface area contributed by atoms with E-state index in [1.54, 1.807) is 7.11 Å². The van der Waals surface area contributed by atoms with Gasteiger partial charge in [0.15, 0.2) is 0 Å². The summed E-state index contributed by atoms with van der Waals surface area (Å²) < 4.78 is 5.32. The fourth-order valence-corrected chi connectivity index (χ4v) is 3.08. The van der Waals surface area contributed by atoms with Gasteiger partial charge in [-0.25, -0.2) is 0 Å². The van der Waals surface area contributed by atoms with Crippen molar-refractivity contribution in [1.29, 1.82) is 0 Å². The van der Waals surface area contributed by atoms with Crippen LogP contribution in [0.3, 0.4) is 0 Å². The summed E-state index contributed by atoms with van der Waals surface area (Å²) in [6.07, 6.45) is 6.77. The molecule has 2 atom stereocenters. The standard InChI is InChI=1S/C17H20N2O.2ClH/c1-20-14-5-6-15-13(10-14)4-7-17(18)16(15)9-12-3-2-8-19-11-12;;/h2-3,5-6,8,10-11,16-17H,4,7,9,18H2,1H3;2*1H. The zero-order valence-electron chi connectivity index (χ0n) is 12.6. The van der Waals surface area contributed by atoms with Gasteiger partial charge in [0.1, 0.15) is 5.75 Å². The molecule has 0 radical (unpaired) electrons. The van der Waals surface area contributed by atoms with Crippen LogP contribution in [0.25, 0.3) is 0 Å². The molecule has 0 spiro atoms. The summed E-state index contributed by atoms with van der Waals surface area (Å²) >= 11 is 0. The second kappa shape index (κ2) is 8.37. The molecule has 0 aliphatic heterocycles. The van der Waals surface area contributed by atoms with E-state index in [1.807, 2.05) is 24.5 Å². The highest BCUT2D eigenvalue weighted by Gasteiger charge is 2.27. The van der Waals surface area contributed by atoms with Crippen LogP contribution >= 0.6 is 24.8 Å². The first-order valence-corrected chi connectivity index (χ1v) is 7.09. The molecule has 0 fully saturated rings. The predicted octanol–water partition coefficient (Wildman–Crippen LogP) is 3.53. The summed E-state index contributed by atoms with van der Waals surface area (Å²) in [5.41, 5.74) is 10.4. The van der Waals surface area contributed by atoms with Crippen LogP contribution in [0.4, 0.5) is 0 Å². The average Bonchev–Trinajstić information content (AvgIpc) is 2.50. The van der Waals surface area contributed by atoms with Crippen molar-refractivity contribution in [2.45, 2.75) is 31.2 Å². The number of ether oxygens (including phenoxy) is 1. The highest BCUT2D eigenvalue weighted by molar-refractivity contribution is 5.85. The van der Waals surface area contributed by atoms with E-state index in [2.05, 4.69) is 23.2 Å². The largest absolute Gasteiger partial charge is 0.497 e. The molecule has 1 heterocycles. The van der Waals surface area contributed by atoms with Crippen molar-refractivity contribution in [3.8, 4) is 5.75 Å². The molecule has 2 N–H and O–H groups in total. The van der Waals surface area contributed by atoms with E-state index in [4.69, 9.17) is 10.5 Å². The number of nitrogens with zero attached hydrogens (tertiary/aromatic N) is 1. The van der Waals surface area contributed by atoms with Crippen molar-refractivity contribution in [3.05, 3.63) is 59.4 Å². The van der Waals surface area contributed by atoms with E-state index in [9.17, 15) is 0 Å². The topological polar surface area (TPSA) is 48.1 Å². The molecule has 0 amide bonds. The quantitative estimate of drug-likeness (QED) is 0.929. The number of pyridine rings is 1. The van der Waals surface area contributed by atoms with Gasteiger partial charge in [-0.3, -0.25) is 4.98 Å². The molecule has 5 heteroatoms. The van der Waals surface area contributed by atoms with Crippen molar-refractivity contribution in [2.75, 3.05) is 7.11 Å². The Balaban J connectivity index is 0.00000121. The Morgan fingerprint density at radius 1 is 1.27 bits per heavy atom. The maximum absolute atomic E-state index is 6.36. The zero-order valence-corrected chi connectivity index (χ0v) is 14.2. The first-order valence-electron chi connectivity index (χ1n) is 7.09. The molecular weight excluding hydrogens is 319 g/mol. The van der Waals surface area contributed by atoms with Gasteiger partial charge < -0.3 is 10.5 Å². The molecule has 2 aromatic rings. The summed E-state index contributed by atoms with van der Waals surface area (Å²) in [6.45, 7) is 0. The first kappa shape index (κ1) is 18.8. The van der Waals surface area contributed by atoms with E-state index in [-0.39, 0.29) is 30.9 Å². The van der Waals surface area contributed by atoms with E-state index < -0.39 is 0 Å². The maximum Gasteiger partial charge on any atom is 0.119 e. The number of benzene rings is 1. The van der Waals surface area contributed by atoms with Crippen LogP contribution in [0, 0.1) is 0 Å². The third-order valence-electron chi connectivity index (χ3n) is 4.19. The molecule has 1 aliphatic carbocycles. The average molecular weight is 341 g/mol. The van der Waals surface area contributed by atoms with Gasteiger partial charge in [0.25, 0.3) is 0 Å². The lowest BCUT2D eigenvalue weighted by molar-refractivity contribution is 0.411. The van der Waals surface area contributed by atoms with Crippen LogP contribution in [0.15, 0.2) is 42.7 Å². The predicted molar refractivity (Wildman–Crippen MR) is 94.5 cm³/mol. The van der Waals surface area contributed by atoms with Gasteiger partial charge >= 0.3 is 0 Å². The zero-order chi connectivity index (χ0) is 13.9. The van der Waals surface area contributed by atoms with Gasteiger partial charge in [-0.2, -0.15) is 0 Å². The van der Waals surface area contributed by atoms with Gasteiger partial charge in [0.2, 0.25) is 0 Å². The Morgan fingerprint density at radius 2 is 2.09 bits per heavy atom. The number of methoxy groups -OCH3 is 1. The van der Waals surface area contributed by atoms with Gasteiger partial charge in [0.05, 0.1) is 7.11 Å². The number of aromatic nitrogens is 1. The molecule has 1 aromatic carbocycles. The lowest BCUT2D eigenvalue weighted by Crippen LogP contribution is -2.34. The van der Waals surface area contributed by atoms with Gasteiger partial charge in [-0.05, 0) is 54.2 Å². The highest BCUT2D eigenvalue weighted by atomic mass is 35.5. The minimum Gasteiger partial charge on any atom is -0.497 e. The normalized spacial score (nSPS) is 19.4. The highest BCUT2D eigenvalue weighted by Crippen LogP contribution is 2.35. The van der Waals surface area contributed by atoms with Crippen molar-refractivity contribution < 1.29 is 4.74 Å². The Morgan fingerprint density at radius 3 is 2.77 bits per heavy atom. The number of hydrogen-bond acceptors (Lipinski definition) is 3. The Hall–Kier alpha value is -1.29. The van der Waals surface area contributed by atoms with Crippen LogP contribution in [0.5, 0.6) is 5.75 Å². The fraction of sp³-hybridized carbons (Fsp3) is 0.353. The molecule has 1 aliphatic rings. The maximum atomic E-state index is 6.36. The number of aryl methyl sites for hydroxylation is 1. The number of fused-ring (bicyclic) bond motifs is 1. The molecule has 0 bridgehead atoms. The molecule has 120 valence electrons. The molecule has 22 heavy (non-hydrogen) atoms. The lowest BCUT2D eigenvalue weighted by Gasteiger charge is -2.31. The summed E-state index contributed by atoms with van der Waals surface area (Å²) in [7, 11) is 1.71. The SMILES string of the molecule is COc1ccc2c(c1)CCC(N)C2Cc1cccnc1.Cl.Cl. The summed E-state index contributed by atoms with van der Waals surface area (Å²) in [4.78, 5) is 4.20. The number of halogens is 2. The lowest BCUT2D eigenvalue weighted by atomic mass is 9.77. The minimum atomic E-state index is 0. The number of rotatable bonds is 3. The summed E-state index contributed by atoms with van der Waals surface area (Å²) in [5.74, 6) is 1.30. The second-order valence-corrected chi connectivity index (χ2v) is 5.44. The van der Waals surface area contributed by atoms with Gasteiger partial charge in [-0.15, -0.1) is 24.8 Å². The Bertz CT molecular complexity index is 592. The molecule has 0 saturated carbocycles. The Labute approximate surface area is 144 Å². The molecule has 2 unspecified atom stereocenters. The number of nitrogens with two attached hydrogens (primary N) is 1. The Kier molecular flexibility index (Phi) is 7.14. The number of hydrogen-bond donors (Lipinski definition) is 1. The van der Waals surface area contributed by atoms with Crippen molar-refractivity contribution in [1.82, 2.24) is 4.98 Å². The smallest absolute Gasteiger partial charge is 0.119 e. The summed E-state index contributed by atoms with van der Waals surface area (Å²) in [6, 6.07) is 10.7. The monoisotopic (exact) mass is 340 g/mol. The summed E-state index contributed by atoms with van der Waals surface area (Å²) in [5, 5.41) is 0. The van der Waals surface area contributed by atoms with Crippen molar-refractivity contribution >= 4 is 24.8 Å². The third-order valence-corrected chi connectivity index (χ3v) is 4.19. The van der Waals surface area contributed by atoms with E-state index in [1.165, 1.54) is 16.7 Å². The fourth-order valence-electron chi connectivity index (χ4n) is 3.08. The van der Waals surface area contributed by atoms with Crippen LogP contribution < -0.4 is 10.5 Å².